The van der Waals surface area contributed by atoms with Gasteiger partial charge >= 0.3 is 0 Å². The number of hydrogen-bond donors (Lipinski definition) is 1. The van der Waals surface area contributed by atoms with Gasteiger partial charge in [-0.05, 0) is 68.9 Å². The number of aromatic nitrogens is 4. The van der Waals surface area contributed by atoms with Crippen LogP contribution in [0.15, 0.2) is 55.0 Å². The molecule has 1 aliphatic carbocycles. The number of nitrogens with zero attached hydrogens (tertiary/aromatic N) is 6. The van der Waals surface area contributed by atoms with Crippen molar-refractivity contribution in [2.75, 3.05) is 18.0 Å². The lowest BCUT2D eigenvalue weighted by atomic mass is 9.86. The van der Waals surface area contributed by atoms with E-state index in [1.165, 1.54) is 0 Å². The van der Waals surface area contributed by atoms with Gasteiger partial charge in [0.15, 0.2) is 5.82 Å². The van der Waals surface area contributed by atoms with Gasteiger partial charge < -0.3 is 14.7 Å². The first-order chi connectivity index (χ1) is 17.9. The largest absolute Gasteiger partial charge is 0.486 e. The molecule has 2 aromatic heterocycles. The molecule has 6 rings (SSSR count). The first kappa shape index (κ1) is 23.4. The molecule has 4 aromatic rings. The molecular formula is C29H30N6O2. The number of hydrogen-bond acceptors (Lipinski definition) is 7. The van der Waals surface area contributed by atoms with E-state index in [0.29, 0.717) is 5.82 Å². The highest BCUT2D eigenvalue weighted by molar-refractivity contribution is 5.81. The van der Waals surface area contributed by atoms with Gasteiger partial charge in [-0.1, -0.05) is 12.1 Å². The highest BCUT2D eigenvalue weighted by atomic mass is 16.5. The van der Waals surface area contributed by atoms with Crippen LogP contribution in [0.1, 0.15) is 55.9 Å². The number of ether oxygens (including phenoxy) is 1. The quantitative estimate of drug-likeness (QED) is 0.428. The lowest BCUT2D eigenvalue weighted by Crippen LogP contribution is -2.33. The Labute approximate surface area is 216 Å². The molecule has 0 saturated carbocycles. The summed E-state index contributed by atoms with van der Waals surface area (Å²) >= 11 is 0. The SMILES string of the molecule is CC(C)(O)C1CCN(c2cc(-n3ncc4ccc(OC5CCCc6c(C#N)cccc65)cc43)ncn2)C1. The second-order valence-corrected chi connectivity index (χ2v) is 10.6. The van der Waals surface area contributed by atoms with Crippen molar-refractivity contribution in [3.8, 4) is 17.6 Å². The van der Waals surface area contributed by atoms with E-state index in [4.69, 9.17) is 4.74 Å². The lowest BCUT2D eigenvalue weighted by Gasteiger charge is -2.27. The van der Waals surface area contributed by atoms with E-state index in [2.05, 4.69) is 32.1 Å². The second-order valence-electron chi connectivity index (χ2n) is 10.6. The molecule has 2 aromatic carbocycles. The summed E-state index contributed by atoms with van der Waals surface area (Å²) in [6.07, 6.45) is 7.05. The Bertz CT molecular complexity index is 1500. The second kappa shape index (κ2) is 9.16. The third kappa shape index (κ3) is 4.40. The number of aliphatic hydroxyl groups is 1. The molecule has 0 spiro atoms. The highest BCUT2D eigenvalue weighted by Gasteiger charge is 2.34. The molecule has 1 N–H and O–H groups in total. The first-order valence-corrected chi connectivity index (χ1v) is 12.9. The van der Waals surface area contributed by atoms with E-state index in [0.717, 1.165) is 77.9 Å². The highest BCUT2D eigenvalue weighted by Crippen LogP contribution is 2.36. The van der Waals surface area contributed by atoms with Crippen LogP contribution in [-0.4, -0.2) is 43.5 Å². The van der Waals surface area contributed by atoms with E-state index in [9.17, 15) is 10.4 Å². The molecule has 2 atom stereocenters. The summed E-state index contributed by atoms with van der Waals surface area (Å²) in [5, 5.41) is 25.5. The van der Waals surface area contributed by atoms with Crippen LogP contribution < -0.4 is 9.64 Å². The summed E-state index contributed by atoms with van der Waals surface area (Å²) in [5.41, 5.74) is 3.14. The standard InChI is InChI=1S/C29H30N6O2/c1-29(2,36)21-11-12-34(17-21)27-14-28(32-18-31-27)35-25-13-22(10-9-20(25)16-33-35)37-26-8-4-6-23-19(15-30)5-3-7-24(23)26/h3,5,7,9-10,13-14,16,18,21,26,36H,4,6,8,11-12,17H2,1-2H3. The Kier molecular flexibility index (Phi) is 5.81. The van der Waals surface area contributed by atoms with Gasteiger partial charge in [0.2, 0.25) is 0 Å². The zero-order valence-electron chi connectivity index (χ0n) is 21.1. The fraction of sp³-hybridized carbons (Fsp3) is 0.379. The van der Waals surface area contributed by atoms with Gasteiger partial charge in [-0.2, -0.15) is 10.4 Å². The fourth-order valence-electron chi connectivity index (χ4n) is 5.62. The van der Waals surface area contributed by atoms with Crippen LogP contribution in [0.4, 0.5) is 5.82 Å². The molecule has 8 heteroatoms. The summed E-state index contributed by atoms with van der Waals surface area (Å²) in [6.45, 7) is 5.35. The smallest absolute Gasteiger partial charge is 0.159 e. The Hall–Kier alpha value is -3.96. The van der Waals surface area contributed by atoms with E-state index in [-0.39, 0.29) is 12.0 Å². The Morgan fingerprint density at radius 3 is 2.78 bits per heavy atom. The summed E-state index contributed by atoms with van der Waals surface area (Å²) in [7, 11) is 0. The van der Waals surface area contributed by atoms with Crippen LogP contribution in [0.5, 0.6) is 5.75 Å². The molecular weight excluding hydrogens is 464 g/mol. The summed E-state index contributed by atoms with van der Waals surface area (Å²) in [6, 6.07) is 16.2. The van der Waals surface area contributed by atoms with Crippen molar-refractivity contribution in [2.45, 2.75) is 51.2 Å². The minimum atomic E-state index is -0.714. The minimum Gasteiger partial charge on any atom is -0.486 e. The van der Waals surface area contributed by atoms with Gasteiger partial charge in [-0.25, -0.2) is 14.6 Å². The first-order valence-electron chi connectivity index (χ1n) is 12.9. The fourth-order valence-corrected chi connectivity index (χ4v) is 5.62. The maximum Gasteiger partial charge on any atom is 0.159 e. The molecule has 0 bridgehead atoms. The Morgan fingerprint density at radius 2 is 1.97 bits per heavy atom. The summed E-state index contributed by atoms with van der Waals surface area (Å²) < 4.78 is 8.30. The van der Waals surface area contributed by atoms with Crippen molar-refractivity contribution in [1.82, 2.24) is 19.7 Å². The molecule has 37 heavy (non-hydrogen) atoms. The third-order valence-electron chi connectivity index (χ3n) is 7.76. The van der Waals surface area contributed by atoms with E-state index in [1.807, 2.05) is 61.1 Å². The van der Waals surface area contributed by atoms with Gasteiger partial charge in [0.25, 0.3) is 0 Å². The van der Waals surface area contributed by atoms with Gasteiger partial charge in [0, 0.05) is 36.5 Å². The van der Waals surface area contributed by atoms with Gasteiger partial charge in [0.1, 0.15) is 24.0 Å². The van der Waals surface area contributed by atoms with Crippen molar-refractivity contribution < 1.29 is 9.84 Å². The van der Waals surface area contributed by atoms with Crippen LogP contribution in [-0.2, 0) is 6.42 Å². The van der Waals surface area contributed by atoms with Crippen molar-refractivity contribution in [1.29, 1.82) is 5.26 Å². The zero-order valence-corrected chi connectivity index (χ0v) is 21.1. The average Bonchev–Trinajstić information content (AvgIpc) is 3.56. The molecule has 0 radical (unpaired) electrons. The molecule has 1 aliphatic heterocycles. The van der Waals surface area contributed by atoms with Crippen molar-refractivity contribution in [2.24, 2.45) is 5.92 Å². The predicted molar refractivity (Wildman–Crippen MR) is 141 cm³/mol. The number of fused-ring (bicyclic) bond motifs is 2. The minimum absolute atomic E-state index is 0.0876. The lowest BCUT2D eigenvalue weighted by molar-refractivity contribution is 0.0263. The van der Waals surface area contributed by atoms with Gasteiger partial charge in [-0.3, -0.25) is 0 Å². The molecule has 8 nitrogen and oxygen atoms in total. The molecule has 1 fully saturated rings. The van der Waals surface area contributed by atoms with Gasteiger partial charge in [-0.15, -0.1) is 0 Å². The number of nitriles is 1. The zero-order chi connectivity index (χ0) is 25.6. The third-order valence-corrected chi connectivity index (χ3v) is 7.76. The monoisotopic (exact) mass is 494 g/mol. The normalized spacial score (nSPS) is 19.6. The summed E-state index contributed by atoms with van der Waals surface area (Å²) in [4.78, 5) is 11.2. The van der Waals surface area contributed by atoms with Crippen LogP contribution >= 0.6 is 0 Å². The molecule has 3 heterocycles. The van der Waals surface area contributed by atoms with Crippen LogP contribution in [0.25, 0.3) is 16.7 Å². The van der Waals surface area contributed by atoms with E-state index in [1.54, 1.807) is 6.33 Å². The maximum absolute atomic E-state index is 10.4. The topological polar surface area (TPSA) is 100 Å². The number of rotatable bonds is 5. The Balaban J connectivity index is 1.28. The molecule has 1 saturated heterocycles. The van der Waals surface area contributed by atoms with Crippen LogP contribution in [0.3, 0.4) is 0 Å². The number of benzene rings is 2. The predicted octanol–water partition coefficient (Wildman–Crippen LogP) is 4.74. The molecule has 188 valence electrons. The van der Waals surface area contributed by atoms with Crippen molar-refractivity contribution in [3.05, 3.63) is 71.7 Å². The molecule has 0 amide bonds. The summed E-state index contributed by atoms with van der Waals surface area (Å²) in [5.74, 6) is 2.48. The molecule has 2 unspecified atom stereocenters. The van der Waals surface area contributed by atoms with Crippen LogP contribution in [0, 0.1) is 17.2 Å². The average molecular weight is 495 g/mol. The van der Waals surface area contributed by atoms with E-state index < -0.39 is 5.60 Å². The van der Waals surface area contributed by atoms with Gasteiger partial charge in [0.05, 0.1) is 28.9 Å². The number of anilines is 1. The maximum atomic E-state index is 10.4. The van der Waals surface area contributed by atoms with E-state index >= 15 is 0 Å². The van der Waals surface area contributed by atoms with Crippen molar-refractivity contribution in [3.63, 3.8) is 0 Å². The van der Waals surface area contributed by atoms with Crippen LogP contribution in [0.2, 0.25) is 0 Å². The molecule has 2 aliphatic rings. The van der Waals surface area contributed by atoms with Crippen molar-refractivity contribution >= 4 is 16.7 Å². The Morgan fingerprint density at radius 1 is 1.11 bits per heavy atom.